The summed E-state index contributed by atoms with van der Waals surface area (Å²) in [6.07, 6.45) is 1.61. The largest absolute Gasteiger partial charge is 0.326 e. The maximum atomic E-state index is 12.7. The molecule has 0 spiro atoms. The molecule has 0 atom stereocenters. The van der Waals surface area contributed by atoms with E-state index in [0.29, 0.717) is 23.5 Å². The standard InChI is InChI=1S/C22H23N3O4/c1-4-5-10-25-21(28)17-9-7-15(11-18(17)22(25)29)20(27)24-19-12-16(23-14(3)26)8-6-13(19)2/h6-9,11-12H,4-5,10H2,1-3H3,(H,23,26)(H,24,27). The van der Waals surface area contributed by atoms with Crippen LogP contribution in [-0.4, -0.2) is 35.1 Å². The molecule has 7 nitrogen and oxygen atoms in total. The van der Waals surface area contributed by atoms with Crippen LogP contribution in [0.1, 0.15) is 63.3 Å². The normalized spacial score (nSPS) is 12.7. The predicted octanol–water partition coefficient (Wildman–Crippen LogP) is 3.60. The minimum Gasteiger partial charge on any atom is -0.326 e. The molecule has 1 aliphatic heterocycles. The van der Waals surface area contributed by atoms with Crippen molar-refractivity contribution in [2.75, 3.05) is 17.2 Å². The van der Waals surface area contributed by atoms with E-state index in [1.165, 1.54) is 30.0 Å². The Labute approximate surface area is 169 Å². The molecule has 4 amide bonds. The summed E-state index contributed by atoms with van der Waals surface area (Å²) in [5.41, 5.74) is 2.81. The van der Waals surface area contributed by atoms with E-state index in [-0.39, 0.29) is 28.8 Å². The first kappa shape index (κ1) is 20.3. The summed E-state index contributed by atoms with van der Waals surface area (Å²) in [5, 5.41) is 5.48. The van der Waals surface area contributed by atoms with E-state index < -0.39 is 5.91 Å². The molecule has 7 heteroatoms. The average molecular weight is 393 g/mol. The predicted molar refractivity (Wildman–Crippen MR) is 110 cm³/mol. The Kier molecular flexibility index (Phi) is 5.77. The smallest absolute Gasteiger partial charge is 0.261 e. The van der Waals surface area contributed by atoms with Crippen molar-refractivity contribution in [2.45, 2.75) is 33.6 Å². The minimum atomic E-state index is -0.400. The number of imide groups is 1. The van der Waals surface area contributed by atoms with Crippen LogP contribution >= 0.6 is 0 Å². The Bertz CT molecular complexity index is 1010. The molecule has 0 bridgehead atoms. The molecule has 150 valence electrons. The molecule has 0 aromatic heterocycles. The highest BCUT2D eigenvalue weighted by Gasteiger charge is 2.35. The number of nitrogens with zero attached hydrogens (tertiary/aromatic N) is 1. The third-order valence-corrected chi connectivity index (χ3v) is 4.77. The zero-order valence-electron chi connectivity index (χ0n) is 16.7. The van der Waals surface area contributed by atoms with Crippen LogP contribution in [0.25, 0.3) is 0 Å². The second kappa shape index (κ2) is 8.26. The number of unbranched alkanes of at least 4 members (excludes halogenated alkanes) is 1. The second-order valence-corrected chi connectivity index (χ2v) is 7.04. The van der Waals surface area contributed by atoms with Gasteiger partial charge in [-0.25, -0.2) is 0 Å². The van der Waals surface area contributed by atoms with E-state index in [1.807, 2.05) is 13.8 Å². The first-order valence-electron chi connectivity index (χ1n) is 9.51. The molecule has 0 aliphatic carbocycles. The van der Waals surface area contributed by atoms with Gasteiger partial charge in [-0.3, -0.25) is 24.1 Å². The maximum absolute atomic E-state index is 12.7. The van der Waals surface area contributed by atoms with Crippen molar-refractivity contribution < 1.29 is 19.2 Å². The molecule has 0 radical (unpaired) electrons. The van der Waals surface area contributed by atoms with Gasteiger partial charge in [0.05, 0.1) is 11.1 Å². The third kappa shape index (κ3) is 4.18. The Balaban J connectivity index is 1.82. The summed E-state index contributed by atoms with van der Waals surface area (Å²) in [6, 6.07) is 9.73. The van der Waals surface area contributed by atoms with Crippen LogP contribution in [0.4, 0.5) is 11.4 Å². The van der Waals surface area contributed by atoms with Crippen molar-refractivity contribution in [3.63, 3.8) is 0 Å². The number of rotatable bonds is 6. The van der Waals surface area contributed by atoms with Crippen LogP contribution < -0.4 is 10.6 Å². The highest BCUT2D eigenvalue weighted by molar-refractivity contribution is 6.22. The highest BCUT2D eigenvalue weighted by atomic mass is 16.2. The fourth-order valence-corrected chi connectivity index (χ4v) is 3.18. The van der Waals surface area contributed by atoms with Crippen molar-refractivity contribution >= 4 is 35.0 Å². The first-order chi connectivity index (χ1) is 13.8. The van der Waals surface area contributed by atoms with Crippen LogP contribution in [0.2, 0.25) is 0 Å². The molecule has 29 heavy (non-hydrogen) atoms. The van der Waals surface area contributed by atoms with E-state index >= 15 is 0 Å². The molecule has 0 saturated heterocycles. The van der Waals surface area contributed by atoms with Crippen LogP contribution in [0.15, 0.2) is 36.4 Å². The van der Waals surface area contributed by atoms with Gasteiger partial charge < -0.3 is 10.6 Å². The number of nitrogens with one attached hydrogen (secondary N) is 2. The van der Waals surface area contributed by atoms with E-state index in [0.717, 1.165) is 18.4 Å². The molecule has 0 fully saturated rings. The van der Waals surface area contributed by atoms with Gasteiger partial charge in [0.15, 0.2) is 0 Å². The number of anilines is 2. The molecule has 2 aromatic rings. The van der Waals surface area contributed by atoms with Gasteiger partial charge in [0.2, 0.25) is 5.91 Å². The summed E-state index contributed by atoms with van der Waals surface area (Å²) in [7, 11) is 0. The average Bonchev–Trinajstić information content (AvgIpc) is 2.92. The summed E-state index contributed by atoms with van der Waals surface area (Å²) in [4.78, 5) is 50.2. The monoisotopic (exact) mass is 393 g/mol. The van der Waals surface area contributed by atoms with Crippen LogP contribution in [-0.2, 0) is 4.79 Å². The highest BCUT2D eigenvalue weighted by Crippen LogP contribution is 2.26. The van der Waals surface area contributed by atoms with Crippen LogP contribution in [0.3, 0.4) is 0 Å². The number of hydrogen-bond donors (Lipinski definition) is 2. The van der Waals surface area contributed by atoms with Gasteiger partial charge in [0.25, 0.3) is 17.7 Å². The molecular formula is C22H23N3O4. The molecular weight excluding hydrogens is 370 g/mol. The number of carbonyl (C=O) groups excluding carboxylic acids is 4. The molecule has 2 aromatic carbocycles. The zero-order valence-corrected chi connectivity index (χ0v) is 16.7. The van der Waals surface area contributed by atoms with Crippen molar-refractivity contribution in [1.82, 2.24) is 4.90 Å². The van der Waals surface area contributed by atoms with Crippen molar-refractivity contribution in [3.8, 4) is 0 Å². The lowest BCUT2D eigenvalue weighted by molar-refractivity contribution is -0.114. The summed E-state index contributed by atoms with van der Waals surface area (Å²) < 4.78 is 0. The number of benzene rings is 2. The van der Waals surface area contributed by atoms with E-state index in [4.69, 9.17) is 0 Å². The lowest BCUT2D eigenvalue weighted by Gasteiger charge is -2.12. The number of amides is 4. The van der Waals surface area contributed by atoms with Crippen LogP contribution in [0, 0.1) is 6.92 Å². The maximum Gasteiger partial charge on any atom is 0.261 e. The summed E-state index contributed by atoms with van der Waals surface area (Å²) in [6.45, 7) is 5.61. The minimum absolute atomic E-state index is 0.208. The van der Waals surface area contributed by atoms with E-state index in [1.54, 1.807) is 18.2 Å². The molecule has 2 N–H and O–H groups in total. The van der Waals surface area contributed by atoms with Crippen molar-refractivity contribution in [1.29, 1.82) is 0 Å². The Hall–Kier alpha value is -3.48. The SMILES string of the molecule is CCCCN1C(=O)c2ccc(C(=O)Nc3cc(NC(C)=O)ccc3C)cc2C1=O. The summed E-state index contributed by atoms with van der Waals surface area (Å²) in [5.74, 6) is -1.29. The van der Waals surface area contributed by atoms with E-state index in [9.17, 15) is 19.2 Å². The third-order valence-electron chi connectivity index (χ3n) is 4.77. The lowest BCUT2D eigenvalue weighted by atomic mass is 10.0. The lowest BCUT2D eigenvalue weighted by Crippen LogP contribution is -2.30. The zero-order chi connectivity index (χ0) is 21.1. The van der Waals surface area contributed by atoms with Crippen molar-refractivity contribution in [2.24, 2.45) is 0 Å². The number of carbonyl (C=O) groups is 4. The topological polar surface area (TPSA) is 95.6 Å². The fourth-order valence-electron chi connectivity index (χ4n) is 3.18. The van der Waals surface area contributed by atoms with Crippen LogP contribution in [0.5, 0.6) is 0 Å². The molecule has 1 aliphatic rings. The Morgan fingerprint density at radius 2 is 1.69 bits per heavy atom. The molecule has 0 unspecified atom stereocenters. The number of fused-ring (bicyclic) bond motifs is 1. The number of aryl methyl sites for hydroxylation is 1. The molecule has 1 heterocycles. The van der Waals surface area contributed by atoms with Gasteiger partial charge in [-0.15, -0.1) is 0 Å². The quantitative estimate of drug-likeness (QED) is 0.733. The van der Waals surface area contributed by atoms with Gasteiger partial charge in [-0.1, -0.05) is 19.4 Å². The van der Waals surface area contributed by atoms with Gasteiger partial charge in [-0.2, -0.15) is 0 Å². The van der Waals surface area contributed by atoms with Gasteiger partial charge in [-0.05, 0) is 49.2 Å². The second-order valence-electron chi connectivity index (χ2n) is 7.04. The number of hydrogen-bond acceptors (Lipinski definition) is 4. The van der Waals surface area contributed by atoms with Gasteiger partial charge in [0, 0.05) is 30.4 Å². The summed E-state index contributed by atoms with van der Waals surface area (Å²) >= 11 is 0. The molecule has 0 saturated carbocycles. The molecule has 3 rings (SSSR count). The Morgan fingerprint density at radius 1 is 0.966 bits per heavy atom. The first-order valence-corrected chi connectivity index (χ1v) is 9.51. The fraction of sp³-hybridized carbons (Fsp3) is 0.273. The Morgan fingerprint density at radius 3 is 2.38 bits per heavy atom. The van der Waals surface area contributed by atoms with Crippen molar-refractivity contribution in [3.05, 3.63) is 58.7 Å². The van der Waals surface area contributed by atoms with E-state index in [2.05, 4.69) is 10.6 Å². The van der Waals surface area contributed by atoms with Gasteiger partial charge >= 0.3 is 0 Å². The van der Waals surface area contributed by atoms with Gasteiger partial charge in [0.1, 0.15) is 0 Å².